The van der Waals surface area contributed by atoms with Gasteiger partial charge in [-0.25, -0.2) is 9.79 Å². The minimum absolute atomic E-state index is 0.164. The summed E-state index contributed by atoms with van der Waals surface area (Å²) in [4.78, 5) is 48.4. The molecule has 2 aromatic carbocycles. The van der Waals surface area contributed by atoms with Crippen LogP contribution in [0.5, 0.6) is 0 Å². The third-order valence-electron chi connectivity index (χ3n) is 6.48. The summed E-state index contributed by atoms with van der Waals surface area (Å²) in [6.07, 6.45) is 1.99. The first-order valence-electron chi connectivity index (χ1n) is 12.0. The molecular weight excluding hydrogens is 506 g/mol. The van der Waals surface area contributed by atoms with Gasteiger partial charge in [0.05, 0.1) is 35.2 Å². The number of thioether (sulfide) groups is 1. The number of benzene rings is 2. The van der Waals surface area contributed by atoms with Crippen molar-refractivity contribution in [2.24, 2.45) is 10.9 Å². The smallest absolute Gasteiger partial charge is 0.338 e. The normalized spacial score (nSPS) is 18.2. The quantitative estimate of drug-likeness (QED) is 0.371. The predicted molar refractivity (Wildman–Crippen MR) is 147 cm³/mol. The van der Waals surface area contributed by atoms with Crippen molar-refractivity contribution in [1.82, 2.24) is 4.57 Å². The number of anilines is 1. The van der Waals surface area contributed by atoms with Gasteiger partial charge in [0.15, 0.2) is 4.80 Å². The number of hydrogen-bond donors (Lipinski definition) is 0. The zero-order chi connectivity index (χ0) is 26.4. The van der Waals surface area contributed by atoms with Crippen molar-refractivity contribution in [1.29, 1.82) is 0 Å². The third-order valence-corrected chi connectivity index (χ3v) is 8.27. The van der Waals surface area contributed by atoms with Crippen LogP contribution < -0.4 is 19.8 Å². The number of aromatic nitrogens is 1. The Kier molecular flexibility index (Phi) is 6.68. The monoisotopic (exact) mass is 533 g/mol. The average molecular weight is 534 g/mol. The summed E-state index contributed by atoms with van der Waals surface area (Å²) < 4.78 is 7.46. The highest BCUT2D eigenvalue weighted by molar-refractivity contribution is 7.98. The van der Waals surface area contributed by atoms with E-state index in [1.807, 2.05) is 68.6 Å². The number of nitrogens with zero attached hydrogens (tertiary/aromatic N) is 3. The Morgan fingerprint density at radius 2 is 1.84 bits per heavy atom. The van der Waals surface area contributed by atoms with Crippen LogP contribution in [0.2, 0.25) is 0 Å². The van der Waals surface area contributed by atoms with Gasteiger partial charge in [0, 0.05) is 17.5 Å². The van der Waals surface area contributed by atoms with Gasteiger partial charge in [-0.15, -0.1) is 11.8 Å². The highest BCUT2D eigenvalue weighted by atomic mass is 32.2. The van der Waals surface area contributed by atoms with Crippen LogP contribution in [0.15, 0.2) is 74.5 Å². The second-order valence-corrected chi connectivity index (χ2v) is 11.3. The molecule has 1 aromatic heterocycles. The first-order chi connectivity index (χ1) is 17.7. The highest BCUT2D eigenvalue weighted by Gasteiger charge is 2.36. The van der Waals surface area contributed by atoms with E-state index in [9.17, 15) is 14.4 Å². The van der Waals surface area contributed by atoms with Crippen LogP contribution in [0, 0.1) is 5.92 Å². The molecule has 1 unspecified atom stereocenters. The summed E-state index contributed by atoms with van der Waals surface area (Å²) >= 11 is 2.79. The molecular formula is C28H27N3O4S2. The number of fused-ring (bicyclic) bond motifs is 2. The maximum Gasteiger partial charge on any atom is 0.338 e. The van der Waals surface area contributed by atoms with E-state index in [-0.39, 0.29) is 24.0 Å². The SMILES string of the molecule is CSc1ccc(C2C(C(=O)OCC(C)C)=C(C)N=c3sc(=C4C(=O)N(C)c5ccccc54)c(=O)n32)cc1. The molecule has 37 heavy (non-hydrogen) atoms. The van der Waals surface area contributed by atoms with Crippen molar-refractivity contribution in [3.63, 3.8) is 0 Å². The molecule has 0 saturated carbocycles. The number of carbonyl (C=O) groups is 2. The van der Waals surface area contributed by atoms with Crippen molar-refractivity contribution in [3.8, 4) is 0 Å². The van der Waals surface area contributed by atoms with Gasteiger partial charge in [-0.05, 0) is 42.9 Å². The molecule has 5 rings (SSSR count). The van der Waals surface area contributed by atoms with E-state index in [1.165, 1.54) is 15.9 Å². The van der Waals surface area contributed by atoms with Crippen LogP contribution >= 0.6 is 23.1 Å². The summed E-state index contributed by atoms with van der Waals surface area (Å²) in [5.41, 5.74) is 3.09. The lowest BCUT2D eigenvalue weighted by atomic mass is 9.96. The van der Waals surface area contributed by atoms with Gasteiger partial charge in [0.1, 0.15) is 4.53 Å². The maximum atomic E-state index is 14.1. The average Bonchev–Trinajstić information content (AvgIpc) is 3.34. The van der Waals surface area contributed by atoms with Gasteiger partial charge in [-0.1, -0.05) is 55.5 Å². The molecule has 0 bridgehead atoms. The number of esters is 1. The van der Waals surface area contributed by atoms with Crippen molar-refractivity contribution in [3.05, 3.63) is 90.6 Å². The molecule has 7 nitrogen and oxygen atoms in total. The molecule has 9 heteroatoms. The Hall–Kier alpha value is -3.43. The van der Waals surface area contributed by atoms with E-state index in [4.69, 9.17) is 4.74 Å². The predicted octanol–water partition coefficient (Wildman–Crippen LogP) is 3.50. The van der Waals surface area contributed by atoms with Crippen molar-refractivity contribution in [2.45, 2.75) is 31.7 Å². The molecule has 1 amide bonds. The van der Waals surface area contributed by atoms with E-state index in [0.29, 0.717) is 31.7 Å². The highest BCUT2D eigenvalue weighted by Crippen LogP contribution is 2.35. The van der Waals surface area contributed by atoms with Gasteiger partial charge in [-0.2, -0.15) is 0 Å². The Morgan fingerprint density at radius 3 is 2.51 bits per heavy atom. The molecule has 2 aliphatic heterocycles. The number of allylic oxidation sites excluding steroid dienone is 1. The second kappa shape index (κ2) is 9.79. The van der Waals surface area contributed by atoms with Gasteiger partial charge in [-0.3, -0.25) is 14.2 Å². The fourth-order valence-electron chi connectivity index (χ4n) is 4.64. The fourth-order valence-corrected chi connectivity index (χ4v) is 6.19. The lowest BCUT2D eigenvalue weighted by Crippen LogP contribution is -2.41. The van der Waals surface area contributed by atoms with Crippen molar-refractivity contribution >= 4 is 46.2 Å². The van der Waals surface area contributed by atoms with Crippen LogP contribution in [0.4, 0.5) is 5.69 Å². The number of thiazole rings is 1. The zero-order valence-electron chi connectivity index (χ0n) is 21.3. The van der Waals surface area contributed by atoms with E-state index >= 15 is 0 Å². The molecule has 0 spiro atoms. The third kappa shape index (κ3) is 4.26. The van der Waals surface area contributed by atoms with Gasteiger partial charge in [0.25, 0.3) is 11.5 Å². The van der Waals surface area contributed by atoms with Crippen LogP contribution in [-0.4, -0.2) is 36.4 Å². The number of hydrogen-bond acceptors (Lipinski definition) is 7. The fraction of sp³-hybridized carbons (Fsp3) is 0.286. The number of rotatable bonds is 5. The molecule has 0 N–H and O–H groups in total. The first-order valence-corrected chi connectivity index (χ1v) is 14.0. The van der Waals surface area contributed by atoms with Gasteiger partial charge < -0.3 is 9.64 Å². The zero-order valence-corrected chi connectivity index (χ0v) is 22.9. The number of para-hydroxylation sites is 1. The van der Waals surface area contributed by atoms with Gasteiger partial charge >= 0.3 is 5.97 Å². The summed E-state index contributed by atoms with van der Waals surface area (Å²) in [7, 11) is 1.70. The summed E-state index contributed by atoms with van der Waals surface area (Å²) in [5.74, 6) is -0.564. The van der Waals surface area contributed by atoms with Crippen molar-refractivity contribution in [2.75, 3.05) is 24.8 Å². The summed E-state index contributed by atoms with van der Waals surface area (Å²) in [6.45, 7) is 5.97. The Bertz CT molecular complexity index is 1630. The topological polar surface area (TPSA) is 81.0 Å². The molecule has 0 radical (unpaired) electrons. The van der Waals surface area contributed by atoms with E-state index in [0.717, 1.165) is 16.1 Å². The Balaban J connectivity index is 1.76. The molecule has 3 aromatic rings. The molecule has 3 heterocycles. The molecule has 0 saturated heterocycles. The van der Waals surface area contributed by atoms with Crippen molar-refractivity contribution < 1.29 is 14.3 Å². The standard InChI is InChI=1S/C28H27N3O4S2/c1-15(2)14-35-27(34)21-16(3)29-28-31(23(21)17-10-12-18(36-5)13-11-17)26(33)24(37-28)22-19-8-6-7-9-20(19)30(4)25(22)32/h6-13,15,23H,14H2,1-5H3. The largest absolute Gasteiger partial charge is 0.462 e. The Labute approximate surface area is 222 Å². The second-order valence-electron chi connectivity index (χ2n) is 9.42. The lowest BCUT2D eigenvalue weighted by molar-refractivity contribution is -0.140. The van der Waals surface area contributed by atoms with E-state index < -0.39 is 12.0 Å². The summed E-state index contributed by atoms with van der Waals surface area (Å²) in [5, 5.41) is 0. The number of amides is 1. The minimum Gasteiger partial charge on any atom is -0.462 e. The first kappa shape index (κ1) is 25.2. The van der Waals surface area contributed by atoms with Crippen LogP contribution in [0.1, 0.15) is 37.9 Å². The molecule has 2 aliphatic rings. The van der Waals surface area contributed by atoms with Gasteiger partial charge in [0.2, 0.25) is 0 Å². The maximum absolute atomic E-state index is 14.1. The number of likely N-dealkylation sites (N-methyl/N-ethyl adjacent to an activating group) is 1. The van der Waals surface area contributed by atoms with E-state index in [2.05, 4.69) is 4.99 Å². The molecule has 0 aliphatic carbocycles. The minimum atomic E-state index is -0.717. The molecule has 190 valence electrons. The number of ether oxygens (including phenoxy) is 1. The van der Waals surface area contributed by atoms with Crippen LogP contribution in [0.3, 0.4) is 0 Å². The number of carbonyl (C=O) groups excluding carboxylic acids is 2. The van der Waals surface area contributed by atoms with E-state index in [1.54, 1.807) is 30.6 Å². The Morgan fingerprint density at radius 1 is 1.14 bits per heavy atom. The van der Waals surface area contributed by atoms with Crippen LogP contribution in [-0.2, 0) is 14.3 Å². The molecule has 1 atom stereocenters. The molecule has 0 fully saturated rings. The lowest BCUT2D eigenvalue weighted by Gasteiger charge is -2.25. The van der Waals surface area contributed by atoms with Crippen LogP contribution in [0.25, 0.3) is 5.57 Å². The summed E-state index contributed by atoms with van der Waals surface area (Å²) in [6, 6.07) is 14.5.